The van der Waals surface area contributed by atoms with Gasteiger partial charge in [-0.25, -0.2) is 0 Å². The molecule has 0 saturated carbocycles. The lowest BCUT2D eigenvalue weighted by Gasteiger charge is -2.11. The fourth-order valence-electron chi connectivity index (χ4n) is 2.50. The number of hydrogen-bond donors (Lipinski definition) is 1. The van der Waals surface area contributed by atoms with Crippen LogP contribution in [0.5, 0.6) is 0 Å². The molecule has 1 fully saturated rings. The van der Waals surface area contributed by atoms with Crippen molar-refractivity contribution >= 4 is 0 Å². The van der Waals surface area contributed by atoms with Crippen LogP contribution >= 0.6 is 0 Å². The molecule has 1 saturated heterocycles. The SMILES string of the molecule is CNCCc1c(C)nn(CC2CCCO2)c1C. The summed E-state index contributed by atoms with van der Waals surface area (Å²) < 4.78 is 7.79. The van der Waals surface area contributed by atoms with Crippen molar-refractivity contribution in [2.45, 2.75) is 45.8 Å². The van der Waals surface area contributed by atoms with Gasteiger partial charge in [0.1, 0.15) is 0 Å². The number of rotatable bonds is 5. The van der Waals surface area contributed by atoms with Crippen LogP contribution in [0.4, 0.5) is 0 Å². The quantitative estimate of drug-likeness (QED) is 0.842. The molecule has 0 bridgehead atoms. The number of likely N-dealkylation sites (N-methyl/N-ethyl adjacent to an activating group) is 1. The Morgan fingerprint density at radius 2 is 2.29 bits per heavy atom. The van der Waals surface area contributed by atoms with Crippen molar-refractivity contribution in [1.29, 1.82) is 0 Å². The van der Waals surface area contributed by atoms with Gasteiger partial charge in [-0.2, -0.15) is 5.10 Å². The molecule has 1 N–H and O–H groups in total. The van der Waals surface area contributed by atoms with Gasteiger partial charge in [-0.3, -0.25) is 4.68 Å². The second kappa shape index (κ2) is 5.65. The van der Waals surface area contributed by atoms with Gasteiger partial charge < -0.3 is 10.1 Å². The molecule has 1 aliphatic rings. The van der Waals surface area contributed by atoms with E-state index in [2.05, 4.69) is 28.9 Å². The molecule has 1 aliphatic heterocycles. The van der Waals surface area contributed by atoms with Crippen LogP contribution in [0.3, 0.4) is 0 Å². The molecule has 0 amide bonds. The van der Waals surface area contributed by atoms with Gasteiger partial charge in [-0.05, 0) is 52.3 Å². The highest BCUT2D eigenvalue weighted by Gasteiger charge is 2.19. The minimum Gasteiger partial charge on any atom is -0.376 e. The Bertz CT molecular complexity index is 367. The molecule has 0 aromatic carbocycles. The maximum absolute atomic E-state index is 5.67. The molecule has 0 spiro atoms. The monoisotopic (exact) mass is 237 g/mol. The highest BCUT2D eigenvalue weighted by Crippen LogP contribution is 2.18. The van der Waals surface area contributed by atoms with Gasteiger partial charge in [-0.1, -0.05) is 0 Å². The molecule has 4 heteroatoms. The Morgan fingerprint density at radius 3 is 2.94 bits per heavy atom. The Hall–Kier alpha value is -0.870. The van der Waals surface area contributed by atoms with Gasteiger partial charge in [-0.15, -0.1) is 0 Å². The summed E-state index contributed by atoms with van der Waals surface area (Å²) in [6.07, 6.45) is 3.78. The van der Waals surface area contributed by atoms with Gasteiger partial charge in [0, 0.05) is 12.3 Å². The Balaban J connectivity index is 2.06. The Morgan fingerprint density at radius 1 is 1.47 bits per heavy atom. The highest BCUT2D eigenvalue weighted by molar-refractivity contribution is 5.24. The molecule has 0 radical (unpaired) electrons. The zero-order chi connectivity index (χ0) is 12.3. The van der Waals surface area contributed by atoms with Gasteiger partial charge in [0.05, 0.1) is 18.3 Å². The van der Waals surface area contributed by atoms with E-state index in [-0.39, 0.29) is 0 Å². The molecular formula is C13H23N3O. The van der Waals surface area contributed by atoms with Crippen LogP contribution in [0, 0.1) is 13.8 Å². The first-order valence-corrected chi connectivity index (χ1v) is 6.51. The molecule has 1 aromatic rings. The van der Waals surface area contributed by atoms with E-state index in [9.17, 15) is 0 Å². The Labute approximate surface area is 103 Å². The van der Waals surface area contributed by atoms with Gasteiger partial charge in [0.15, 0.2) is 0 Å². The predicted octanol–water partition coefficient (Wildman–Crippen LogP) is 1.44. The lowest BCUT2D eigenvalue weighted by molar-refractivity contribution is 0.0934. The fraction of sp³-hybridized carbons (Fsp3) is 0.769. The summed E-state index contributed by atoms with van der Waals surface area (Å²) in [6, 6.07) is 0. The number of aryl methyl sites for hydroxylation is 1. The van der Waals surface area contributed by atoms with Crippen LogP contribution in [0.25, 0.3) is 0 Å². The summed E-state index contributed by atoms with van der Waals surface area (Å²) in [5, 5.41) is 7.83. The van der Waals surface area contributed by atoms with E-state index >= 15 is 0 Å². The van der Waals surface area contributed by atoms with E-state index in [4.69, 9.17) is 4.74 Å². The number of nitrogens with one attached hydrogen (secondary N) is 1. The van der Waals surface area contributed by atoms with Crippen molar-refractivity contribution in [3.63, 3.8) is 0 Å². The maximum atomic E-state index is 5.67. The van der Waals surface area contributed by atoms with Crippen LogP contribution in [-0.2, 0) is 17.7 Å². The summed E-state index contributed by atoms with van der Waals surface area (Å²) in [4.78, 5) is 0. The normalized spacial score (nSPS) is 20.1. The molecule has 1 atom stereocenters. The minimum atomic E-state index is 0.366. The summed E-state index contributed by atoms with van der Waals surface area (Å²) in [6.45, 7) is 7.10. The maximum Gasteiger partial charge on any atom is 0.0771 e. The zero-order valence-electron chi connectivity index (χ0n) is 11.1. The highest BCUT2D eigenvalue weighted by atomic mass is 16.5. The Kier molecular flexibility index (Phi) is 4.18. The minimum absolute atomic E-state index is 0.366. The fourth-order valence-corrected chi connectivity index (χ4v) is 2.50. The standard InChI is InChI=1S/C13H23N3O/c1-10-13(6-7-14-3)11(2)16(15-10)9-12-5-4-8-17-12/h12,14H,4-9H2,1-3H3. The molecule has 2 rings (SSSR count). The number of aromatic nitrogens is 2. The van der Waals surface area contributed by atoms with Crippen LogP contribution in [0.2, 0.25) is 0 Å². The summed E-state index contributed by atoms with van der Waals surface area (Å²) in [7, 11) is 1.99. The predicted molar refractivity (Wildman–Crippen MR) is 68.3 cm³/mol. The third kappa shape index (κ3) is 2.87. The summed E-state index contributed by atoms with van der Waals surface area (Å²) >= 11 is 0. The lowest BCUT2D eigenvalue weighted by Crippen LogP contribution is -2.17. The van der Waals surface area contributed by atoms with Crippen LogP contribution in [-0.4, -0.2) is 36.1 Å². The van der Waals surface area contributed by atoms with Crippen molar-refractivity contribution in [1.82, 2.24) is 15.1 Å². The molecule has 1 unspecified atom stereocenters. The van der Waals surface area contributed by atoms with Gasteiger partial charge in [0.25, 0.3) is 0 Å². The average Bonchev–Trinajstić information content (AvgIpc) is 2.89. The second-order valence-corrected chi connectivity index (χ2v) is 4.82. The van der Waals surface area contributed by atoms with Crippen molar-refractivity contribution in [3.8, 4) is 0 Å². The number of ether oxygens (including phenoxy) is 1. The molecule has 96 valence electrons. The van der Waals surface area contributed by atoms with E-state index < -0.39 is 0 Å². The molecule has 0 aliphatic carbocycles. The number of nitrogens with zero attached hydrogens (tertiary/aromatic N) is 2. The third-order valence-corrected chi connectivity index (χ3v) is 3.56. The van der Waals surface area contributed by atoms with Crippen LogP contribution < -0.4 is 5.32 Å². The van der Waals surface area contributed by atoms with E-state index in [1.165, 1.54) is 24.1 Å². The smallest absolute Gasteiger partial charge is 0.0771 e. The van der Waals surface area contributed by atoms with E-state index in [0.29, 0.717) is 6.10 Å². The van der Waals surface area contributed by atoms with Gasteiger partial charge in [0.2, 0.25) is 0 Å². The first kappa shape index (κ1) is 12.6. The number of hydrogen-bond acceptors (Lipinski definition) is 3. The van der Waals surface area contributed by atoms with Crippen molar-refractivity contribution < 1.29 is 4.74 Å². The van der Waals surface area contributed by atoms with Crippen LogP contribution in [0.15, 0.2) is 0 Å². The molecular weight excluding hydrogens is 214 g/mol. The van der Waals surface area contributed by atoms with Crippen molar-refractivity contribution in [2.75, 3.05) is 20.2 Å². The van der Waals surface area contributed by atoms with Crippen molar-refractivity contribution in [2.24, 2.45) is 0 Å². The topological polar surface area (TPSA) is 39.1 Å². The second-order valence-electron chi connectivity index (χ2n) is 4.82. The van der Waals surface area contributed by atoms with Crippen molar-refractivity contribution in [3.05, 3.63) is 17.0 Å². The third-order valence-electron chi connectivity index (χ3n) is 3.56. The molecule has 4 nitrogen and oxygen atoms in total. The molecule has 2 heterocycles. The van der Waals surface area contributed by atoms with Crippen LogP contribution in [0.1, 0.15) is 29.8 Å². The first-order valence-electron chi connectivity index (χ1n) is 6.51. The summed E-state index contributed by atoms with van der Waals surface area (Å²) in [5.74, 6) is 0. The summed E-state index contributed by atoms with van der Waals surface area (Å²) in [5.41, 5.74) is 3.85. The van der Waals surface area contributed by atoms with E-state index in [1.54, 1.807) is 0 Å². The molecule has 17 heavy (non-hydrogen) atoms. The largest absolute Gasteiger partial charge is 0.376 e. The first-order chi connectivity index (χ1) is 8.22. The van der Waals surface area contributed by atoms with E-state index in [1.807, 2.05) is 7.05 Å². The molecule has 1 aromatic heterocycles. The average molecular weight is 237 g/mol. The van der Waals surface area contributed by atoms with Gasteiger partial charge >= 0.3 is 0 Å². The lowest BCUT2D eigenvalue weighted by atomic mass is 10.1. The zero-order valence-corrected chi connectivity index (χ0v) is 11.1. The van der Waals surface area contributed by atoms with E-state index in [0.717, 1.165) is 31.8 Å².